The molecule has 0 aliphatic carbocycles. The summed E-state index contributed by atoms with van der Waals surface area (Å²) < 4.78 is 0. The first-order chi connectivity index (χ1) is 10.6. The van der Waals surface area contributed by atoms with E-state index in [0.29, 0.717) is 24.2 Å². The summed E-state index contributed by atoms with van der Waals surface area (Å²) in [5.74, 6) is -1.35. The first kappa shape index (κ1) is 14.6. The number of aliphatic carboxylic acids is 1. The molecule has 1 aliphatic heterocycles. The molecule has 0 fully saturated rings. The molecule has 6 nitrogen and oxygen atoms in total. The van der Waals surface area contributed by atoms with E-state index < -0.39 is 12.0 Å². The highest BCUT2D eigenvalue weighted by Gasteiger charge is 2.38. The molecule has 2 N–H and O–H groups in total. The largest absolute Gasteiger partial charge is 0.479 e. The van der Waals surface area contributed by atoms with Gasteiger partial charge in [-0.3, -0.25) is 4.79 Å². The maximum Gasteiger partial charge on any atom is 0.332 e. The van der Waals surface area contributed by atoms with Crippen molar-refractivity contribution in [3.05, 3.63) is 47.5 Å². The minimum absolute atomic E-state index is 0.284. The van der Waals surface area contributed by atoms with Crippen molar-refractivity contribution in [2.75, 3.05) is 12.8 Å². The van der Waals surface area contributed by atoms with Gasteiger partial charge in [-0.15, -0.1) is 11.8 Å². The molecule has 0 unspecified atom stereocenters. The number of hydrogen-bond acceptors (Lipinski definition) is 4. The van der Waals surface area contributed by atoms with Crippen LogP contribution in [0, 0.1) is 0 Å². The van der Waals surface area contributed by atoms with Gasteiger partial charge in [0.2, 0.25) is 0 Å². The van der Waals surface area contributed by atoms with Crippen LogP contribution in [0.5, 0.6) is 0 Å². The molecule has 2 aromatic rings. The average Bonchev–Trinajstić information content (AvgIpc) is 3.01. The molecule has 0 radical (unpaired) electrons. The van der Waals surface area contributed by atoms with Crippen LogP contribution in [-0.2, 0) is 11.2 Å². The lowest BCUT2D eigenvalue weighted by molar-refractivity contribution is -0.143. The molecule has 0 saturated heterocycles. The molecular formula is C15H15N3O3S. The van der Waals surface area contributed by atoms with Crippen molar-refractivity contribution >= 4 is 23.6 Å². The van der Waals surface area contributed by atoms with E-state index in [2.05, 4.69) is 9.97 Å². The Labute approximate surface area is 131 Å². The summed E-state index contributed by atoms with van der Waals surface area (Å²) in [5, 5.41) is 9.50. The predicted molar refractivity (Wildman–Crippen MR) is 81.9 cm³/mol. The van der Waals surface area contributed by atoms with E-state index in [9.17, 15) is 14.7 Å². The minimum atomic E-state index is -1.07. The third-order valence-corrected chi connectivity index (χ3v) is 4.50. The monoisotopic (exact) mass is 317 g/mol. The highest BCUT2D eigenvalue weighted by Crippen LogP contribution is 2.29. The number of nitrogens with one attached hydrogen (secondary N) is 1. The number of imidazole rings is 1. The number of fused-ring (bicyclic) bond motifs is 1. The second kappa shape index (κ2) is 5.84. The molecule has 1 aromatic heterocycles. The van der Waals surface area contributed by atoms with E-state index in [4.69, 9.17) is 0 Å². The van der Waals surface area contributed by atoms with Gasteiger partial charge in [-0.1, -0.05) is 0 Å². The predicted octanol–water partition coefficient (Wildman–Crippen LogP) is 1.96. The summed E-state index contributed by atoms with van der Waals surface area (Å²) in [6.07, 6.45) is 4.01. The molecule has 1 aromatic carbocycles. The molecule has 3 rings (SSSR count). The molecule has 114 valence electrons. The maximum atomic E-state index is 12.7. The molecule has 7 heteroatoms. The number of carbonyl (C=O) groups excluding carboxylic acids is 1. The van der Waals surface area contributed by atoms with E-state index in [1.807, 2.05) is 18.4 Å². The molecule has 2 heterocycles. The number of aromatic nitrogens is 2. The molecule has 0 bridgehead atoms. The third-order valence-electron chi connectivity index (χ3n) is 3.76. The van der Waals surface area contributed by atoms with E-state index in [1.54, 1.807) is 23.9 Å². The Hall–Kier alpha value is -2.28. The lowest BCUT2D eigenvalue weighted by Gasteiger charge is -2.32. The number of carboxylic acid groups (broad SMARTS) is 1. The van der Waals surface area contributed by atoms with Crippen LogP contribution in [0.1, 0.15) is 27.8 Å². The van der Waals surface area contributed by atoms with E-state index >= 15 is 0 Å². The summed E-state index contributed by atoms with van der Waals surface area (Å²) in [6.45, 7) is 0.356. The number of benzene rings is 1. The molecule has 1 atom stereocenters. The summed E-state index contributed by atoms with van der Waals surface area (Å²) in [6, 6.07) is 6.14. The van der Waals surface area contributed by atoms with Crippen LogP contribution in [0.2, 0.25) is 0 Å². The minimum Gasteiger partial charge on any atom is -0.479 e. The summed E-state index contributed by atoms with van der Waals surface area (Å²) in [5.41, 5.74) is 1.70. The third kappa shape index (κ3) is 2.48. The van der Waals surface area contributed by atoms with Crippen molar-refractivity contribution in [1.29, 1.82) is 0 Å². The van der Waals surface area contributed by atoms with Gasteiger partial charge in [0.1, 0.15) is 0 Å². The van der Waals surface area contributed by atoms with Crippen molar-refractivity contribution < 1.29 is 14.7 Å². The summed E-state index contributed by atoms with van der Waals surface area (Å²) in [7, 11) is 0. The second-order valence-corrected chi connectivity index (χ2v) is 5.86. The Kier molecular flexibility index (Phi) is 3.89. The zero-order chi connectivity index (χ0) is 15.7. The number of carboxylic acids is 1. The first-order valence-corrected chi connectivity index (χ1v) is 8.04. The second-order valence-electron chi connectivity index (χ2n) is 4.98. The van der Waals surface area contributed by atoms with Crippen molar-refractivity contribution in [2.24, 2.45) is 0 Å². The smallest absolute Gasteiger partial charge is 0.332 e. The standard InChI is InChI=1S/C15H15N3O3S/c1-22-10-4-2-9(3-5-10)14(19)18-7-6-11-12(17-8-16-11)13(18)15(20)21/h2-5,8,13H,6-7H2,1H3,(H,16,17)(H,20,21)/t13-/m1/s1. The van der Waals surface area contributed by atoms with Crippen molar-refractivity contribution in [3.8, 4) is 0 Å². The van der Waals surface area contributed by atoms with Crippen LogP contribution >= 0.6 is 11.8 Å². The first-order valence-electron chi connectivity index (χ1n) is 6.82. The number of thioether (sulfide) groups is 1. The van der Waals surface area contributed by atoms with Gasteiger partial charge in [0.15, 0.2) is 6.04 Å². The van der Waals surface area contributed by atoms with Crippen LogP contribution in [0.15, 0.2) is 35.5 Å². The van der Waals surface area contributed by atoms with Crippen molar-refractivity contribution in [2.45, 2.75) is 17.4 Å². The number of nitrogens with zero attached hydrogens (tertiary/aromatic N) is 2. The molecule has 1 aliphatic rings. The average molecular weight is 317 g/mol. The zero-order valence-corrected chi connectivity index (χ0v) is 12.8. The Morgan fingerprint density at radius 2 is 2.09 bits per heavy atom. The quantitative estimate of drug-likeness (QED) is 0.845. The van der Waals surface area contributed by atoms with E-state index in [0.717, 1.165) is 10.6 Å². The molecular weight excluding hydrogens is 302 g/mol. The topological polar surface area (TPSA) is 86.3 Å². The van der Waals surface area contributed by atoms with E-state index in [1.165, 1.54) is 11.2 Å². The van der Waals surface area contributed by atoms with Gasteiger partial charge in [-0.05, 0) is 30.5 Å². The zero-order valence-electron chi connectivity index (χ0n) is 11.9. The molecule has 0 saturated carbocycles. The van der Waals surface area contributed by atoms with Gasteiger partial charge in [0.25, 0.3) is 5.91 Å². The van der Waals surface area contributed by atoms with Gasteiger partial charge in [-0.2, -0.15) is 0 Å². The number of rotatable bonds is 3. The SMILES string of the molecule is CSc1ccc(C(=O)N2CCc3[nH]cnc3[C@@H]2C(=O)O)cc1. The highest BCUT2D eigenvalue weighted by atomic mass is 32.2. The number of H-pyrrole nitrogens is 1. The van der Waals surface area contributed by atoms with Crippen LogP contribution in [0.4, 0.5) is 0 Å². The van der Waals surface area contributed by atoms with Gasteiger partial charge in [0.05, 0.1) is 12.0 Å². The molecule has 1 amide bonds. The van der Waals surface area contributed by atoms with Gasteiger partial charge < -0.3 is 15.0 Å². The van der Waals surface area contributed by atoms with Crippen LogP contribution in [0.25, 0.3) is 0 Å². The van der Waals surface area contributed by atoms with Gasteiger partial charge in [0, 0.05) is 29.1 Å². The maximum absolute atomic E-state index is 12.7. The Balaban J connectivity index is 1.92. The summed E-state index contributed by atoms with van der Waals surface area (Å²) in [4.78, 5) is 33.7. The van der Waals surface area contributed by atoms with Crippen molar-refractivity contribution in [1.82, 2.24) is 14.9 Å². The number of amides is 1. The lowest BCUT2D eigenvalue weighted by Crippen LogP contribution is -2.43. The fraction of sp³-hybridized carbons (Fsp3) is 0.267. The van der Waals surface area contributed by atoms with Crippen LogP contribution in [-0.4, -0.2) is 44.7 Å². The number of carbonyl (C=O) groups is 2. The van der Waals surface area contributed by atoms with Crippen molar-refractivity contribution in [3.63, 3.8) is 0 Å². The van der Waals surface area contributed by atoms with E-state index in [-0.39, 0.29) is 5.91 Å². The number of hydrogen-bond donors (Lipinski definition) is 2. The van der Waals surface area contributed by atoms with Crippen LogP contribution < -0.4 is 0 Å². The normalized spacial score (nSPS) is 17.1. The summed E-state index contributed by atoms with van der Waals surface area (Å²) >= 11 is 1.59. The fourth-order valence-corrected chi connectivity index (χ4v) is 3.05. The molecule has 0 spiro atoms. The van der Waals surface area contributed by atoms with Gasteiger partial charge >= 0.3 is 5.97 Å². The lowest BCUT2D eigenvalue weighted by atomic mass is 10.0. The highest BCUT2D eigenvalue weighted by molar-refractivity contribution is 7.98. The Morgan fingerprint density at radius 1 is 1.36 bits per heavy atom. The van der Waals surface area contributed by atoms with Crippen LogP contribution in [0.3, 0.4) is 0 Å². The van der Waals surface area contributed by atoms with Gasteiger partial charge in [-0.25, -0.2) is 9.78 Å². The fourth-order valence-electron chi connectivity index (χ4n) is 2.64. The number of aromatic amines is 1. The Morgan fingerprint density at radius 3 is 2.73 bits per heavy atom. The Bertz CT molecular complexity index is 711. The molecule has 22 heavy (non-hydrogen) atoms.